The molecule has 2 rings (SSSR count). The van der Waals surface area contributed by atoms with Gasteiger partial charge in [0.1, 0.15) is 13.2 Å². The largest absolute Gasteiger partial charge is 0.486 e. The number of benzene rings is 1. The zero-order valence-corrected chi connectivity index (χ0v) is 12.9. The standard InChI is InChI=1S/C16H26N2O3/c1-12(18-14(11-19-2)4-3-7-17)13-5-6-15-16(10-13)21-9-8-20-15/h5-6,10,12,14,18H,3-4,7-9,11,17H2,1-2H3. The summed E-state index contributed by atoms with van der Waals surface area (Å²) < 4.78 is 16.5. The zero-order chi connectivity index (χ0) is 15.1. The molecule has 2 unspecified atom stereocenters. The molecule has 3 N–H and O–H groups in total. The van der Waals surface area contributed by atoms with Crippen molar-refractivity contribution in [1.82, 2.24) is 5.32 Å². The van der Waals surface area contributed by atoms with Crippen LogP contribution in [0.2, 0.25) is 0 Å². The Balaban J connectivity index is 1.99. The Bertz CT molecular complexity index is 440. The number of hydrogen-bond donors (Lipinski definition) is 2. The normalized spacial score (nSPS) is 16.5. The van der Waals surface area contributed by atoms with Gasteiger partial charge in [0.05, 0.1) is 6.61 Å². The second-order valence-corrected chi connectivity index (χ2v) is 5.37. The maximum Gasteiger partial charge on any atom is 0.161 e. The first-order valence-electron chi connectivity index (χ1n) is 7.59. The molecule has 1 heterocycles. The van der Waals surface area contributed by atoms with Crippen LogP contribution in [0.3, 0.4) is 0 Å². The predicted octanol–water partition coefficient (Wildman–Crippen LogP) is 1.86. The van der Waals surface area contributed by atoms with Gasteiger partial charge in [-0.2, -0.15) is 0 Å². The Hall–Kier alpha value is -1.30. The number of fused-ring (bicyclic) bond motifs is 1. The van der Waals surface area contributed by atoms with E-state index in [0.29, 0.717) is 32.4 Å². The number of hydrogen-bond acceptors (Lipinski definition) is 5. The second kappa shape index (κ2) is 8.22. The van der Waals surface area contributed by atoms with Crippen molar-refractivity contribution in [2.24, 2.45) is 5.73 Å². The minimum atomic E-state index is 0.221. The van der Waals surface area contributed by atoms with E-state index in [2.05, 4.69) is 24.4 Å². The fraction of sp³-hybridized carbons (Fsp3) is 0.625. The van der Waals surface area contributed by atoms with Gasteiger partial charge < -0.3 is 25.3 Å². The van der Waals surface area contributed by atoms with Gasteiger partial charge in [0, 0.05) is 19.2 Å². The summed E-state index contributed by atoms with van der Waals surface area (Å²) >= 11 is 0. The van der Waals surface area contributed by atoms with Crippen molar-refractivity contribution in [3.8, 4) is 11.5 Å². The molecular formula is C16H26N2O3. The summed E-state index contributed by atoms with van der Waals surface area (Å²) in [5.41, 5.74) is 6.78. The van der Waals surface area contributed by atoms with Crippen molar-refractivity contribution in [3.63, 3.8) is 0 Å². The van der Waals surface area contributed by atoms with Crippen molar-refractivity contribution >= 4 is 0 Å². The third-order valence-corrected chi connectivity index (χ3v) is 3.68. The highest BCUT2D eigenvalue weighted by atomic mass is 16.6. The van der Waals surface area contributed by atoms with Gasteiger partial charge >= 0.3 is 0 Å². The first kappa shape index (κ1) is 16.1. The molecule has 0 bridgehead atoms. The SMILES string of the molecule is COCC(CCCN)NC(C)c1ccc2c(c1)OCCO2. The molecule has 0 aromatic heterocycles. The average molecular weight is 294 g/mol. The van der Waals surface area contributed by atoms with Crippen molar-refractivity contribution in [2.75, 3.05) is 33.5 Å². The molecule has 1 aliphatic rings. The third kappa shape index (κ3) is 4.59. The van der Waals surface area contributed by atoms with Crippen LogP contribution in [0.25, 0.3) is 0 Å². The monoisotopic (exact) mass is 294 g/mol. The Kier molecular flexibility index (Phi) is 6.29. The minimum absolute atomic E-state index is 0.221. The fourth-order valence-corrected chi connectivity index (χ4v) is 2.56. The molecular weight excluding hydrogens is 268 g/mol. The predicted molar refractivity (Wildman–Crippen MR) is 82.9 cm³/mol. The lowest BCUT2D eigenvalue weighted by atomic mass is 10.0. The topological polar surface area (TPSA) is 65.7 Å². The fourth-order valence-electron chi connectivity index (χ4n) is 2.56. The highest BCUT2D eigenvalue weighted by Gasteiger charge is 2.17. The quantitative estimate of drug-likeness (QED) is 0.766. The van der Waals surface area contributed by atoms with Crippen LogP contribution in [0.1, 0.15) is 31.4 Å². The average Bonchev–Trinajstić information content (AvgIpc) is 2.52. The van der Waals surface area contributed by atoms with Gasteiger partial charge in [0.2, 0.25) is 0 Å². The third-order valence-electron chi connectivity index (χ3n) is 3.68. The molecule has 0 spiro atoms. The zero-order valence-electron chi connectivity index (χ0n) is 12.9. The van der Waals surface area contributed by atoms with Crippen molar-refractivity contribution in [1.29, 1.82) is 0 Å². The number of ether oxygens (including phenoxy) is 3. The van der Waals surface area contributed by atoms with Gasteiger partial charge in [-0.15, -0.1) is 0 Å². The van der Waals surface area contributed by atoms with E-state index in [4.69, 9.17) is 19.9 Å². The van der Waals surface area contributed by atoms with Gasteiger partial charge in [0.15, 0.2) is 11.5 Å². The summed E-state index contributed by atoms with van der Waals surface area (Å²) in [6, 6.07) is 6.64. The van der Waals surface area contributed by atoms with E-state index in [0.717, 1.165) is 24.3 Å². The van der Waals surface area contributed by atoms with E-state index >= 15 is 0 Å². The number of rotatable bonds is 8. The molecule has 118 valence electrons. The summed E-state index contributed by atoms with van der Waals surface area (Å²) in [4.78, 5) is 0. The maximum atomic E-state index is 5.64. The van der Waals surface area contributed by atoms with E-state index in [1.54, 1.807) is 7.11 Å². The van der Waals surface area contributed by atoms with Crippen LogP contribution in [0.15, 0.2) is 18.2 Å². The lowest BCUT2D eigenvalue weighted by molar-refractivity contribution is 0.156. The maximum absolute atomic E-state index is 5.64. The van der Waals surface area contributed by atoms with Gasteiger partial charge in [0.25, 0.3) is 0 Å². The van der Waals surface area contributed by atoms with Crippen LogP contribution in [0.4, 0.5) is 0 Å². The van der Waals surface area contributed by atoms with E-state index in [-0.39, 0.29) is 6.04 Å². The van der Waals surface area contributed by atoms with Crippen LogP contribution in [0, 0.1) is 0 Å². The summed E-state index contributed by atoms with van der Waals surface area (Å²) in [6.45, 7) is 4.78. The van der Waals surface area contributed by atoms with Crippen LogP contribution in [0.5, 0.6) is 11.5 Å². The molecule has 0 radical (unpaired) electrons. The molecule has 0 fully saturated rings. The van der Waals surface area contributed by atoms with Crippen LogP contribution >= 0.6 is 0 Å². The van der Waals surface area contributed by atoms with E-state index in [1.165, 1.54) is 5.56 Å². The summed E-state index contributed by atoms with van der Waals surface area (Å²) in [5, 5.41) is 3.60. The molecule has 0 amide bonds. The molecule has 0 aliphatic carbocycles. The smallest absolute Gasteiger partial charge is 0.161 e. The van der Waals surface area contributed by atoms with Gasteiger partial charge in [-0.05, 0) is 44.0 Å². The number of methoxy groups -OCH3 is 1. The van der Waals surface area contributed by atoms with E-state index < -0.39 is 0 Å². The summed E-state index contributed by atoms with van der Waals surface area (Å²) in [7, 11) is 1.73. The molecule has 2 atom stereocenters. The molecule has 1 aromatic rings. The summed E-state index contributed by atoms with van der Waals surface area (Å²) in [6.07, 6.45) is 2.01. The molecule has 5 heteroatoms. The van der Waals surface area contributed by atoms with Gasteiger partial charge in [-0.3, -0.25) is 0 Å². The van der Waals surface area contributed by atoms with Gasteiger partial charge in [-0.1, -0.05) is 6.07 Å². The highest BCUT2D eigenvalue weighted by Crippen LogP contribution is 2.32. The van der Waals surface area contributed by atoms with Crippen molar-refractivity contribution < 1.29 is 14.2 Å². The lowest BCUT2D eigenvalue weighted by Crippen LogP contribution is -2.35. The number of nitrogens with two attached hydrogens (primary N) is 1. The Morgan fingerprint density at radius 2 is 2.05 bits per heavy atom. The van der Waals surface area contributed by atoms with Crippen LogP contribution in [-0.2, 0) is 4.74 Å². The Labute approximate surface area is 126 Å². The van der Waals surface area contributed by atoms with Crippen molar-refractivity contribution in [3.05, 3.63) is 23.8 Å². The van der Waals surface area contributed by atoms with E-state index in [9.17, 15) is 0 Å². The molecule has 5 nitrogen and oxygen atoms in total. The van der Waals surface area contributed by atoms with Gasteiger partial charge in [-0.25, -0.2) is 0 Å². The Morgan fingerprint density at radius 3 is 2.76 bits per heavy atom. The lowest BCUT2D eigenvalue weighted by Gasteiger charge is -2.25. The minimum Gasteiger partial charge on any atom is -0.486 e. The molecule has 0 saturated carbocycles. The highest BCUT2D eigenvalue weighted by molar-refractivity contribution is 5.44. The first-order valence-corrected chi connectivity index (χ1v) is 7.59. The van der Waals surface area contributed by atoms with Crippen LogP contribution < -0.4 is 20.5 Å². The molecule has 1 aromatic carbocycles. The molecule has 0 saturated heterocycles. The molecule has 21 heavy (non-hydrogen) atoms. The van der Waals surface area contributed by atoms with E-state index in [1.807, 2.05) is 6.07 Å². The second-order valence-electron chi connectivity index (χ2n) is 5.37. The molecule has 1 aliphatic heterocycles. The number of nitrogens with one attached hydrogen (secondary N) is 1. The first-order chi connectivity index (χ1) is 10.2. The summed E-state index contributed by atoms with van der Waals surface area (Å²) in [5.74, 6) is 1.66. The Morgan fingerprint density at radius 1 is 1.29 bits per heavy atom. The van der Waals surface area contributed by atoms with Crippen LogP contribution in [-0.4, -0.2) is 39.5 Å². The van der Waals surface area contributed by atoms with Crippen molar-refractivity contribution in [2.45, 2.75) is 31.8 Å².